The minimum atomic E-state index is 0. The van der Waals surface area contributed by atoms with Crippen LogP contribution in [0.15, 0.2) is 109 Å². The molecule has 0 bridgehead atoms. The van der Waals surface area contributed by atoms with Gasteiger partial charge in [-0.3, -0.25) is 0 Å². The molecule has 6 rings (SSSR count). The van der Waals surface area contributed by atoms with Gasteiger partial charge >= 0.3 is 41.9 Å². The molecule has 0 radical (unpaired) electrons. The smallest absolute Gasteiger partial charge is 1.00 e. The second-order valence-corrected chi connectivity index (χ2v) is 24.1. The Labute approximate surface area is 306 Å². The van der Waals surface area contributed by atoms with E-state index in [1.807, 2.05) is 0 Å². The molecule has 0 spiro atoms. The third kappa shape index (κ3) is 10.2. The standard InChI is InChI=1S/2C21H23.C2H6Si.ClH.Zr/c2*1-5-15-14-19(21(2,3)4)10-11-20(15)18-12-16-8-6-7-9-17(16)13-18;1-3-2;;/h2*6-14H,5H2,1-4H3;1-2H3;1H;/q2*-1;;;/p-1. The summed E-state index contributed by atoms with van der Waals surface area (Å²) in [6.45, 7) is 22.8. The van der Waals surface area contributed by atoms with E-state index in [9.17, 15) is 0 Å². The molecule has 3 heteroatoms. The van der Waals surface area contributed by atoms with E-state index in [1.165, 1.54) is 66.1 Å². The van der Waals surface area contributed by atoms with Crippen LogP contribution in [0, 0.1) is 0 Å². The Kier molecular flexibility index (Phi) is 13.9. The van der Waals surface area contributed by atoms with Gasteiger partial charge in [-0.2, -0.15) is 0 Å². The van der Waals surface area contributed by atoms with Gasteiger partial charge in [0.15, 0.2) is 0 Å². The molecule has 0 aliphatic rings. The van der Waals surface area contributed by atoms with Crippen molar-refractivity contribution in [2.24, 2.45) is 0 Å². The maximum Gasteiger partial charge on any atom is -1.00 e. The molecule has 0 saturated heterocycles. The van der Waals surface area contributed by atoms with Gasteiger partial charge in [0.25, 0.3) is 0 Å². The molecule has 0 saturated carbocycles. The summed E-state index contributed by atoms with van der Waals surface area (Å²) in [5, 5.41) is 5.31. The summed E-state index contributed by atoms with van der Waals surface area (Å²) in [5.41, 5.74) is 11.8. The van der Waals surface area contributed by atoms with Crippen LogP contribution in [-0.4, -0.2) is 5.43 Å². The average molecular weight is 736 g/mol. The summed E-state index contributed by atoms with van der Waals surface area (Å²) in [4.78, 5) is 0. The van der Waals surface area contributed by atoms with E-state index >= 15 is 0 Å². The average Bonchev–Trinajstić information content (AvgIpc) is 3.64. The number of hydrogen-bond acceptors (Lipinski definition) is 0. The number of halogens is 1. The van der Waals surface area contributed by atoms with E-state index in [4.69, 9.17) is 0 Å². The predicted octanol–water partition coefficient (Wildman–Crippen LogP) is 9.96. The SMILES string of the molecule is CCc1cc(C(C)(C)C)ccc1-c1cc2ccccc2[cH-]1.CCc1cc(C(C)(C)C)ccc1-c1cc2ccccc2[cH-]1.C[Si](C)=[Zr].[Cl-]. The van der Waals surface area contributed by atoms with Crippen molar-refractivity contribution in [3.63, 3.8) is 0 Å². The minimum Gasteiger partial charge on any atom is -1.00 e. The second-order valence-electron chi connectivity index (χ2n) is 14.7. The summed E-state index contributed by atoms with van der Waals surface area (Å²) in [5.74, 6) is 0. The maximum absolute atomic E-state index is 2.38. The van der Waals surface area contributed by atoms with E-state index in [-0.39, 0.29) is 28.7 Å². The number of aryl methyl sites for hydroxylation is 2. The van der Waals surface area contributed by atoms with E-state index in [0.717, 1.165) is 12.8 Å². The number of hydrogen-bond donors (Lipinski definition) is 0. The molecular weight excluding hydrogens is 683 g/mol. The van der Waals surface area contributed by atoms with E-state index in [2.05, 4.69) is 178 Å². The van der Waals surface area contributed by atoms with Crippen LogP contribution in [-0.2, 0) is 47.0 Å². The van der Waals surface area contributed by atoms with Crippen molar-refractivity contribution < 1.29 is 35.7 Å². The van der Waals surface area contributed by atoms with Gasteiger partial charge in [0, 0.05) is 0 Å². The first-order chi connectivity index (χ1) is 21.7. The first-order valence-electron chi connectivity index (χ1n) is 16.8. The zero-order valence-electron chi connectivity index (χ0n) is 30.2. The van der Waals surface area contributed by atoms with E-state index < -0.39 is 0 Å². The van der Waals surface area contributed by atoms with Crippen LogP contribution in [0.2, 0.25) is 13.1 Å². The van der Waals surface area contributed by atoms with Crippen molar-refractivity contribution in [2.75, 3.05) is 0 Å². The number of rotatable bonds is 4. The second kappa shape index (κ2) is 16.7. The maximum atomic E-state index is 2.38. The zero-order chi connectivity index (χ0) is 33.6. The van der Waals surface area contributed by atoms with Gasteiger partial charge in [-0.1, -0.05) is 150 Å². The molecule has 0 aliphatic carbocycles. The molecule has 0 unspecified atom stereocenters. The Bertz CT molecular complexity index is 1720. The topological polar surface area (TPSA) is 0 Å². The first kappa shape index (κ1) is 38.9. The van der Waals surface area contributed by atoms with Crippen LogP contribution < -0.4 is 12.4 Å². The Morgan fingerprint density at radius 3 is 1.19 bits per heavy atom. The van der Waals surface area contributed by atoms with Crippen LogP contribution in [0.3, 0.4) is 0 Å². The normalized spacial score (nSPS) is 11.3. The monoisotopic (exact) mass is 733 g/mol. The Morgan fingerprint density at radius 1 is 0.553 bits per heavy atom. The van der Waals surface area contributed by atoms with Crippen molar-refractivity contribution in [1.82, 2.24) is 0 Å². The zero-order valence-corrected chi connectivity index (χ0v) is 34.4. The Balaban J connectivity index is 0.000000225. The number of fused-ring (bicyclic) bond motifs is 2. The Hall–Kier alpha value is -2.51. The van der Waals surface area contributed by atoms with Crippen molar-refractivity contribution in [3.8, 4) is 22.3 Å². The van der Waals surface area contributed by atoms with Gasteiger partial charge in [0.2, 0.25) is 0 Å². The molecule has 0 aliphatic heterocycles. The summed E-state index contributed by atoms with van der Waals surface area (Å²) < 4.78 is 0. The molecule has 0 N–H and O–H groups in total. The van der Waals surface area contributed by atoms with Crippen LogP contribution in [0.1, 0.15) is 77.6 Å². The van der Waals surface area contributed by atoms with E-state index in [1.54, 1.807) is 23.3 Å². The van der Waals surface area contributed by atoms with Crippen LogP contribution in [0.4, 0.5) is 0 Å². The molecule has 0 fully saturated rings. The third-order valence-electron chi connectivity index (χ3n) is 8.56. The van der Waals surface area contributed by atoms with Crippen molar-refractivity contribution >= 4 is 27.0 Å². The van der Waals surface area contributed by atoms with Gasteiger partial charge in [0.05, 0.1) is 0 Å². The summed E-state index contributed by atoms with van der Waals surface area (Å²) in [6, 6.07) is 40.3. The summed E-state index contributed by atoms with van der Waals surface area (Å²) in [7, 11) is 0. The van der Waals surface area contributed by atoms with Gasteiger partial charge in [-0.25, -0.2) is 0 Å². The van der Waals surface area contributed by atoms with Crippen molar-refractivity contribution in [1.29, 1.82) is 0 Å². The molecule has 0 nitrogen and oxygen atoms in total. The molecule has 6 aromatic carbocycles. The third-order valence-corrected chi connectivity index (χ3v) is 8.56. The molecule has 246 valence electrons. The van der Waals surface area contributed by atoms with Gasteiger partial charge in [-0.15, -0.1) is 69.1 Å². The molecule has 0 amide bonds. The molecule has 0 aromatic heterocycles. The fourth-order valence-corrected chi connectivity index (χ4v) is 5.88. The summed E-state index contributed by atoms with van der Waals surface area (Å²) >= 11 is 1.74. The minimum absolute atomic E-state index is 0. The predicted molar refractivity (Wildman–Crippen MR) is 204 cm³/mol. The van der Waals surface area contributed by atoms with Gasteiger partial charge in [0.1, 0.15) is 0 Å². The quantitative estimate of drug-likeness (QED) is 0.125. The van der Waals surface area contributed by atoms with Crippen LogP contribution >= 0.6 is 0 Å². The number of benzene rings is 4. The van der Waals surface area contributed by atoms with Crippen molar-refractivity contribution in [3.05, 3.63) is 131 Å². The molecular formula is C44H52ClSiZr-3. The molecule has 47 heavy (non-hydrogen) atoms. The van der Waals surface area contributed by atoms with Crippen molar-refractivity contribution in [2.45, 2.75) is 92.2 Å². The molecule has 0 atom stereocenters. The summed E-state index contributed by atoms with van der Waals surface area (Å²) in [6.07, 6.45) is 2.14. The van der Waals surface area contributed by atoms with Crippen LogP contribution in [0.5, 0.6) is 0 Å². The largest absolute Gasteiger partial charge is 1.00 e. The fraction of sp³-hybridized carbons (Fsp3) is 0.318. The molecule has 0 heterocycles. The van der Waals surface area contributed by atoms with Gasteiger partial charge in [-0.05, 0) is 34.8 Å². The fourth-order valence-electron chi connectivity index (χ4n) is 5.88. The molecule has 6 aromatic rings. The Morgan fingerprint density at radius 2 is 0.894 bits per heavy atom. The van der Waals surface area contributed by atoms with E-state index in [0.29, 0.717) is 0 Å². The van der Waals surface area contributed by atoms with Crippen LogP contribution in [0.25, 0.3) is 43.8 Å². The first-order valence-corrected chi connectivity index (χ1v) is 23.0. The van der Waals surface area contributed by atoms with Gasteiger partial charge < -0.3 is 12.4 Å².